The van der Waals surface area contributed by atoms with Crippen molar-refractivity contribution in [1.29, 1.82) is 0 Å². The molecule has 1 heterocycles. The third-order valence-electron chi connectivity index (χ3n) is 3.55. The largest absolute Gasteiger partial charge is 0.376 e. The first kappa shape index (κ1) is 18.4. The van der Waals surface area contributed by atoms with E-state index in [4.69, 9.17) is 4.74 Å². The second kappa shape index (κ2) is 10.1. The van der Waals surface area contributed by atoms with E-state index in [1.54, 1.807) is 22.5 Å². The smallest absolute Gasteiger partial charge is 0.214 e. The lowest BCUT2D eigenvalue weighted by Gasteiger charge is -2.12. The molecule has 128 valence electrons. The fraction of sp³-hybridized carbons (Fsp3) is 0.389. The molecule has 0 aliphatic carbocycles. The molecule has 0 amide bonds. The van der Waals surface area contributed by atoms with Crippen molar-refractivity contribution in [3.63, 3.8) is 0 Å². The van der Waals surface area contributed by atoms with Crippen LogP contribution in [-0.4, -0.2) is 32.6 Å². The third-order valence-corrected chi connectivity index (χ3v) is 4.50. The van der Waals surface area contributed by atoms with Crippen LogP contribution in [0.4, 0.5) is 0 Å². The fourth-order valence-corrected chi connectivity index (χ4v) is 3.21. The van der Waals surface area contributed by atoms with Gasteiger partial charge in [-0.3, -0.25) is 0 Å². The van der Waals surface area contributed by atoms with Crippen LogP contribution in [0.15, 0.2) is 54.2 Å². The van der Waals surface area contributed by atoms with Gasteiger partial charge in [-0.2, -0.15) is 4.68 Å². The lowest BCUT2D eigenvalue weighted by molar-refractivity contribution is 0.0913. The highest BCUT2D eigenvalue weighted by Crippen LogP contribution is 2.20. The van der Waals surface area contributed by atoms with Crippen molar-refractivity contribution in [2.24, 2.45) is 5.92 Å². The second-order valence-corrected chi connectivity index (χ2v) is 6.60. The van der Waals surface area contributed by atoms with Gasteiger partial charge in [0.25, 0.3) is 0 Å². The molecule has 1 atom stereocenters. The molecular formula is C18H24N4OS. The van der Waals surface area contributed by atoms with E-state index in [0.717, 1.165) is 29.6 Å². The Bertz CT molecular complexity index is 654. The average molecular weight is 344 g/mol. The van der Waals surface area contributed by atoms with E-state index >= 15 is 0 Å². The predicted octanol–water partition coefficient (Wildman–Crippen LogP) is 4.06. The Kier molecular flexibility index (Phi) is 7.71. The number of hydrogen-bond acceptors (Lipinski definition) is 5. The Morgan fingerprint density at radius 3 is 2.88 bits per heavy atom. The number of thioether (sulfide) groups is 1. The van der Waals surface area contributed by atoms with Gasteiger partial charge in [-0.15, -0.1) is 5.10 Å². The van der Waals surface area contributed by atoms with Gasteiger partial charge in [0.05, 0.1) is 12.3 Å². The molecule has 0 aliphatic heterocycles. The molecule has 24 heavy (non-hydrogen) atoms. The Labute approximate surface area is 147 Å². The van der Waals surface area contributed by atoms with E-state index in [1.165, 1.54) is 5.56 Å². The zero-order valence-corrected chi connectivity index (χ0v) is 15.1. The first-order valence-corrected chi connectivity index (χ1v) is 9.05. The third kappa shape index (κ3) is 5.62. The van der Waals surface area contributed by atoms with Crippen molar-refractivity contribution in [3.05, 3.63) is 54.6 Å². The van der Waals surface area contributed by atoms with Gasteiger partial charge in [0.1, 0.15) is 0 Å². The highest BCUT2D eigenvalue weighted by molar-refractivity contribution is 7.99. The number of aromatic nitrogens is 4. The van der Waals surface area contributed by atoms with Gasteiger partial charge in [0.2, 0.25) is 5.16 Å². The Hall–Kier alpha value is -1.92. The maximum absolute atomic E-state index is 5.79. The van der Waals surface area contributed by atoms with Crippen LogP contribution in [0, 0.1) is 5.92 Å². The van der Waals surface area contributed by atoms with E-state index in [1.807, 2.05) is 31.2 Å². The molecule has 0 bridgehead atoms. The maximum atomic E-state index is 5.79. The van der Waals surface area contributed by atoms with Gasteiger partial charge < -0.3 is 4.74 Å². The summed E-state index contributed by atoms with van der Waals surface area (Å²) in [5, 5.41) is 12.6. The number of tetrazole rings is 1. The van der Waals surface area contributed by atoms with Crippen LogP contribution >= 0.6 is 11.8 Å². The maximum Gasteiger partial charge on any atom is 0.214 e. The summed E-state index contributed by atoms with van der Waals surface area (Å²) in [7, 11) is 0. The number of ether oxygens (including phenoxy) is 1. The second-order valence-electron chi connectivity index (χ2n) is 5.53. The Balaban J connectivity index is 1.70. The molecule has 2 aromatic rings. The SMILES string of the molecule is C=C/C(=C\C)n1nnnc1SCC[C@H](C)COCc1ccccc1. The van der Waals surface area contributed by atoms with Crippen LogP contribution in [0.5, 0.6) is 0 Å². The van der Waals surface area contributed by atoms with Crippen molar-refractivity contribution in [1.82, 2.24) is 20.2 Å². The molecule has 6 heteroatoms. The summed E-state index contributed by atoms with van der Waals surface area (Å²) in [6, 6.07) is 10.2. The summed E-state index contributed by atoms with van der Waals surface area (Å²) in [5.74, 6) is 1.44. The zero-order chi connectivity index (χ0) is 17.2. The Morgan fingerprint density at radius 1 is 1.38 bits per heavy atom. The van der Waals surface area contributed by atoms with Crippen LogP contribution < -0.4 is 0 Å². The molecule has 0 unspecified atom stereocenters. The molecular weight excluding hydrogens is 320 g/mol. The van der Waals surface area contributed by atoms with Crippen molar-refractivity contribution in [2.45, 2.75) is 32.0 Å². The first-order valence-electron chi connectivity index (χ1n) is 8.06. The van der Waals surface area contributed by atoms with Crippen LogP contribution in [0.2, 0.25) is 0 Å². The van der Waals surface area contributed by atoms with Crippen LogP contribution in [0.1, 0.15) is 25.8 Å². The molecule has 0 saturated heterocycles. The number of allylic oxidation sites excluding steroid dienone is 3. The fourth-order valence-electron chi connectivity index (χ4n) is 2.14. The van der Waals surface area contributed by atoms with E-state index in [9.17, 15) is 0 Å². The highest BCUT2D eigenvalue weighted by atomic mass is 32.2. The summed E-state index contributed by atoms with van der Waals surface area (Å²) in [4.78, 5) is 0. The highest BCUT2D eigenvalue weighted by Gasteiger charge is 2.10. The molecule has 5 nitrogen and oxygen atoms in total. The molecule has 0 saturated carbocycles. The van der Waals surface area contributed by atoms with Gasteiger partial charge in [-0.25, -0.2) is 0 Å². The van der Waals surface area contributed by atoms with Crippen molar-refractivity contribution in [3.8, 4) is 0 Å². The number of hydrogen-bond donors (Lipinski definition) is 0. The van der Waals surface area contributed by atoms with E-state index in [-0.39, 0.29) is 0 Å². The zero-order valence-electron chi connectivity index (χ0n) is 14.3. The molecule has 0 radical (unpaired) electrons. The quantitative estimate of drug-likeness (QED) is 0.481. The minimum atomic E-state index is 0.492. The normalized spacial score (nSPS) is 13.0. The number of nitrogens with zero attached hydrogens (tertiary/aromatic N) is 4. The minimum Gasteiger partial charge on any atom is -0.376 e. The molecule has 0 N–H and O–H groups in total. The summed E-state index contributed by atoms with van der Waals surface area (Å²) < 4.78 is 7.51. The van der Waals surface area contributed by atoms with Gasteiger partial charge >= 0.3 is 0 Å². The summed E-state index contributed by atoms with van der Waals surface area (Å²) in [5.41, 5.74) is 2.10. The van der Waals surface area contributed by atoms with Gasteiger partial charge in [-0.05, 0) is 41.3 Å². The lowest BCUT2D eigenvalue weighted by atomic mass is 10.1. The molecule has 1 aromatic carbocycles. The van der Waals surface area contributed by atoms with Crippen molar-refractivity contribution in [2.75, 3.05) is 12.4 Å². The minimum absolute atomic E-state index is 0.492. The van der Waals surface area contributed by atoms with E-state index in [0.29, 0.717) is 12.5 Å². The first-order chi connectivity index (χ1) is 11.7. The molecule has 2 rings (SSSR count). The summed E-state index contributed by atoms with van der Waals surface area (Å²) >= 11 is 1.65. The van der Waals surface area contributed by atoms with Crippen molar-refractivity contribution >= 4 is 17.5 Å². The molecule has 0 spiro atoms. The average Bonchev–Trinajstić information content (AvgIpc) is 3.05. The van der Waals surface area contributed by atoms with Gasteiger partial charge in [0, 0.05) is 12.4 Å². The van der Waals surface area contributed by atoms with Crippen LogP contribution in [-0.2, 0) is 11.3 Å². The predicted molar refractivity (Wildman–Crippen MR) is 98.6 cm³/mol. The number of rotatable bonds is 10. The number of benzene rings is 1. The van der Waals surface area contributed by atoms with Crippen LogP contribution in [0.3, 0.4) is 0 Å². The monoisotopic (exact) mass is 344 g/mol. The van der Waals surface area contributed by atoms with E-state index in [2.05, 4.69) is 41.2 Å². The van der Waals surface area contributed by atoms with Crippen molar-refractivity contribution < 1.29 is 4.74 Å². The van der Waals surface area contributed by atoms with Gasteiger partial charge in [0.15, 0.2) is 0 Å². The molecule has 1 aromatic heterocycles. The Morgan fingerprint density at radius 2 is 2.17 bits per heavy atom. The van der Waals surface area contributed by atoms with E-state index < -0.39 is 0 Å². The summed E-state index contributed by atoms with van der Waals surface area (Å²) in [6.45, 7) is 9.36. The topological polar surface area (TPSA) is 52.8 Å². The molecule has 0 fully saturated rings. The summed E-state index contributed by atoms with van der Waals surface area (Å²) in [6.07, 6.45) is 4.74. The van der Waals surface area contributed by atoms with Gasteiger partial charge in [-0.1, -0.05) is 61.7 Å². The molecule has 0 aliphatic rings. The standard InChI is InChI=1S/C18H24N4OS/c1-4-17(5-2)22-18(19-20-21-22)24-12-11-15(3)13-23-14-16-9-7-6-8-10-16/h4-10,15H,1,11-14H2,2-3H3/b17-5+/t15-/m0/s1. The van der Waals surface area contributed by atoms with Crippen LogP contribution in [0.25, 0.3) is 5.70 Å². The lowest BCUT2D eigenvalue weighted by Crippen LogP contribution is -2.07.